The molecule has 1 amide bonds. The number of thioether (sulfide) groups is 1. The van der Waals surface area contributed by atoms with Crippen LogP contribution in [-0.4, -0.2) is 39.2 Å². The summed E-state index contributed by atoms with van der Waals surface area (Å²) in [5.74, 6) is 0.358. The van der Waals surface area contributed by atoms with Gasteiger partial charge in [0.2, 0.25) is 5.91 Å². The average molecular weight is 420 g/mol. The SMILES string of the molecule is Cc1sc2nc(SCC(=O)N3CCC3)n(-c3ccc(Cl)cc3)c(=O)c2c1C. The van der Waals surface area contributed by atoms with Gasteiger partial charge in [-0.05, 0) is 50.1 Å². The number of rotatable bonds is 4. The molecule has 0 spiro atoms. The highest BCUT2D eigenvalue weighted by Crippen LogP contribution is 2.30. The second-order valence-corrected chi connectivity index (χ2v) is 9.08. The quantitative estimate of drug-likeness (QED) is 0.473. The molecule has 3 heterocycles. The molecule has 0 unspecified atom stereocenters. The Labute approximate surface area is 170 Å². The first kappa shape index (κ1) is 18.5. The summed E-state index contributed by atoms with van der Waals surface area (Å²) in [6, 6.07) is 7.10. The Balaban J connectivity index is 1.82. The van der Waals surface area contributed by atoms with Crippen LogP contribution in [0.25, 0.3) is 15.9 Å². The third-order valence-corrected chi connectivity index (χ3v) is 7.07. The van der Waals surface area contributed by atoms with E-state index < -0.39 is 0 Å². The van der Waals surface area contributed by atoms with Gasteiger partial charge >= 0.3 is 0 Å². The fraction of sp³-hybridized carbons (Fsp3) is 0.316. The van der Waals surface area contributed by atoms with Crippen LogP contribution in [0.2, 0.25) is 5.02 Å². The fourth-order valence-electron chi connectivity index (χ4n) is 2.97. The topological polar surface area (TPSA) is 55.2 Å². The lowest BCUT2D eigenvalue weighted by molar-refractivity contribution is -0.131. The van der Waals surface area contributed by atoms with Crippen molar-refractivity contribution in [3.63, 3.8) is 0 Å². The van der Waals surface area contributed by atoms with Crippen molar-refractivity contribution >= 4 is 50.8 Å². The molecule has 1 aliphatic rings. The van der Waals surface area contributed by atoms with Crippen molar-refractivity contribution in [1.29, 1.82) is 0 Å². The van der Waals surface area contributed by atoms with Gasteiger partial charge in [-0.25, -0.2) is 4.98 Å². The summed E-state index contributed by atoms with van der Waals surface area (Å²) in [5, 5.41) is 1.78. The molecule has 0 radical (unpaired) electrons. The Morgan fingerprint density at radius 3 is 2.59 bits per heavy atom. The minimum atomic E-state index is -0.108. The molecule has 8 heteroatoms. The van der Waals surface area contributed by atoms with E-state index in [-0.39, 0.29) is 17.2 Å². The standard InChI is InChI=1S/C19H18ClN3O2S2/c1-11-12(2)27-17-16(11)18(25)23(14-6-4-13(20)5-7-14)19(21-17)26-10-15(24)22-8-3-9-22/h4-7H,3,8-10H2,1-2H3. The lowest BCUT2D eigenvalue weighted by Crippen LogP contribution is -2.43. The number of nitrogens with zero attached hydrogens (tertiary/aromatic N) is 3. The zero-order valence-corrected chi connectivity index (χ0v) is 17.4. The maximum Gasteiger partial charge on any atom is 0.267 e. The van der Waals surface area contributed by atoms with Crippen molar-refractivity contribution in [2.24, 2.45) is 0 Å². The number of carbonyl (C=O) groups excluding carboxylic acids is 1. The number of likely N-dealkylation sites (tertiary alicyclic amines) is 1. The molecule has 0 N–H and O–H groups in total. The number of hydrogen-bond acceptors (Lipinski definition) is 5. The first-order chi connectivity index (χ1) is 13.0. The summed E-state index contributed by atoms with van der Waals surface area (Å²) in [6.07, 6.45) is 1.06. The summed E-state index contributed by atoms with van der Waals surface area (Å²) in [5.41, 5.74) is 1.55. The molecule has 5 nitrogen and oxygen atoms in total. The van der Waals surface area contributed by atoms with E-state index in [0.29, 0.717) is 21.3 Å². The van der Waals surface area contributed by atoms with Crippen molar-refractivity contribution in [2.75, 3.05) is 18.8 Å². The second kappa shape index (κ2) is 7.30. The highest BCUT2D eigenvalue weighted by Gasteiger charge is 2.22. The Hall–Kier alpha value is -1.83. The van der Waals surface area contributed by atoms with E-state index in [0.717, 1.165) is 34.8 Å². The summed E-state index contributed by atoms with van der Waals surface area (Å²) < 4.78 is 1.59. The lowest BCUT2D eigenvalue weighted by atomic mass is 10.2. The van der Waals surface area contributed by atoms with E-state index in [1.54, 1.807) is 28.8 Å². The molecule has 4 rings (SSSR count). The number of fused-ring (bicyclic) bond motifs is 1. The number of hydrogen-bond donors (Lipinski definition) is 0. The van der Waals surface area contributed by atoms with Gasteiger partial charge in [0.1, 0.15) is 4.83 Å². The van der Waals surface area contributed by atoms with Gasteiger partial charge in [-0.2, -0.15) is 0 Å². The van der Waals surface area contributed by atoms with Gasteiger partial charge < -0.3 is 4.90 Å². The third-order valence-electron chi connectivity index (χ3n) is 4.79. The Bertz CT molecular complexity index is 1090. The highest BCUT2D eigenvalue weighted by molar-refractivity contribution is 7.99. The smallest absolute Gasteiger partial charge is 0.267 e. The van der Waals surface area contributed by atoms with Gasteiger partial charge in [-0.3, -0.25) is 14.2 Å². The molecule has 1 aromatic carbocycles. The van der Waals surface area contributed by atoms with E-state index in [4.69, 9.17) is 16.6 Å². The van der Waals surface area contributed by atoms with Crippen molar-refractivity contribution in [3.8, 4) is 5.69 Å². The van der Waals surface area contributed by atoms with E-state index in [1.807, 2.05) is 18.7 Å². The van der Waals surface area contributed by atoms with E-state index in [2.05, 4.69) is 0 Å². The highest BCUT2D eigenvalue weighted by atomic mass is 35.5. The zero-order chi connectivity index (χ0) is 19.1. The number of carbonyl (C=O) groups is 1. The molecule has 1 saturated heterocycles. The maximum absolute atomic E-state index is 13.3. The Morgan fingerprint density at radius 1 is 1.26 bits per heavy atom. The summed E-state index contributed by atoms with van der Waals surface area (Å²) in [7, 11) is 0. The Morgan fingerprint density at radius 2 is 1.96 bits per heavy atom. The van der Waals surface area contributed by atoms with Crippen LogP contribution in [0.1, 0.15) is 16.9 Å². The predicted molar refractivity (Wildman–Crippen MR) is 112 cm³/mol. The van der Waals surface area contributed by atoms with Crippen LogP contribution in [-0.2, 0) is 4.79 Å². The monoisotopic (exact) mass is 419 g/mol. The van der Waals surface area contributed by atoms with E-state index >= 15 is 0 Å². The van der Waals surface area contributed by atoms with Crippen LogP contribution in [0, 0.1) is 13.8 Å². The van der Waals surface area contributed by atoms with Crippen LogP contribution in [0.3, 0.4) is 0 Å². The molecule has 0 bridgehead atoms. The van der Waals surface area contributed by atoms with Gasteiger partial charge in [0, 0.05) is 23.0 Å². The molecule has 0 atom stereocenters. The van der Waals surface area contributed by atoms with Crippen molar-refractivity contribution < 1.29 is 4.79 Å². The predicted octanol–water partition coefficient (Wildman–Crippen LogP) is 4.04. The largest absolute Gasteiger partial charge is 0.342 e. The van der Waals surface area contributed by atoms with Gasteiger partial charge in [0.15, 0.2) is 5.16 Å². The molecular formula is C19H18ClN3O2S2. The number of halogens is 1. The second-order valence-electron chi connectivity index (χ2n) is 6.50. The van der Waals surface area contributed by atoms with Crippen LogP contribution in [0.5, 0.6) is 0 Å². The van der Waals surface area contributed by atoms with Crippen LogP contribution in [0.4, 0.5) is 0 Å². The minimum Gasteiger partial charge on any atom is -0.342 e. The first-order valence-electron chi connectivity index (χ1n) is 8.65. The first-order valence-corrected chi connectivity index (χ1v) is 10.8. The number of amides is 1. The molecule has 1 fully saturated rings. The fourth-order valence-corrected chi connectivity index (χ4v) is 5.08. The molecule has 1 aliphatic heterocycles. The molecule has 0 saturated carbocycles. The lowest BCUT2D eigenvalue weighted by Gasteiger charge is -2.30. The maximum atomic E-state index is 13.3. The van der Waals surface area contributed by atoms with Crippen LogP contribution >= 0.6 is 34.7 Å². The molecule has 3 aromatic rings. The average Bonchev–Trinajstić information content (AvgIpc) is 2.87. The number of aryl methyl sites for hydroxylation is 2. The molecule has 0 aliphatic carbocycles. The summed E-state index contributed by atoms with van der Waals surface area (Å²) in [6.45, 7) is 5.58. The number of thiophene rings is 1. The minimum absolute atomic E-state index is 0.0850. The van der Waals surface area contributed by atoms with Crippen molar-refractivity contribution in [2.45, 2.75) is 25.4 Å². The van der Waals surface area contributed by atoms with Gasteiger partial charge in [-0.15, -0.1) is 11.3 Å². The summed E-state index contributed by atoms with van der Waals surface area (Å²) in [4.78, 5) is 33.9. The molecule has 140 valence electrons. The van der Waals surface area contributed by atoms with Gasteiger partial charge in [0.25, 0.3) is 5.56 Å². The van der Waals surface area contributed by atoms with Crippen LogP contribution < -0.4 is 5.56 Å². The summed E-state index contributed by atoms with van der Waals surface area (Å²) >= 11 is 8.83. The molecule has 2 aromatic heterocycles. The van der Waals surface area contributed by atoms with Gasteiger partial charge in [-0.1, -0.05) is 23.4 Å². The van der Waals surface area contributed by atoms with Gasteiger partial charge in [0.05, 0.1) is 16.8 Å². The number of aromatic nitrogens is 2. The van der Waals surface area contributed by atoms with Crippen molar-refractivity contribution in [3.05, 3.63) is 50.1 Å². The third kappa shape index (κ3) is 3.39. The van der Waals surface area contributed by atoms with E-state index in [9.17, 15) is 9.59 Å². The normalized spacial score (nSPS) is 13.8. The Kier molecular flexibility index (Phi) is 5.01. The van der Waals surface area contributed by atoms with Crippen molar-refractivity contribution in [1.82, 2.24) is 14.5 Å². The molecule has 27 heavy (non-hydrogen) atoms. The molecular weight excluding hydrogens is 402 g/mol. The zero-order valence-electron chi connectivity index (χ0n) is 15.0. The number of benzene rings is 1. The van der Waals surface area contributed by atoms with Crippen LogP contribution in [0.15, 0.2) is 34.2 Å². The van der Waals surface area contributed by atoms with E-state index in [1.165, 1.54) is 23.1 Å².